The van der Waals surface area contributed by atoms with E-state index in [0.717, 1.165) is 0 Å². The van der Waals surface area contributed by atoms with Crippen molar-refractivity contribution in [2.75, 3.05) is 44.9 Å². The fourth-order valence-corrected chi connectivity index (χ4v) is 1.66. The molecule has 1 rings (SSSR count). The Labute approximate surface area is 112 Å². The number of methoxy groups -OCH3 is 1. The van der Waals surface area contributed by atoms with Crippen molar-refractivity contribution in [2.45, 2.75) is 6.92 Å². The van der Waals surface area contributed by atoms with Crippen molar-refractivity contribution in [3.63, 3.8) is 0 Å². The van der Waals surface area contributed by atoms with Gasteiger partial charge in [-0.1, -0.05) is 0 Å². The van der Waals surface area contributed by atoms with Crippen LogP contribution in [0.2, 0.25) is 0 Å². The number of halogens is 1. The first kappa shape index (κ1) is 15.1. The van der Waals surface area contributed by atoms with E-state index in [1.54, 1.807) is 19.0 Å². The van der Waals surface area contributed by atoms with Crippen LogP contribution in [-0.2, 0) is 4.79 Å². The Kier molecular flexibility index (Phi) is 4.97. The van der Waals surface area contributed by atoms with Crippen molar-refractivity contribution in [1.29, 1.82) is 0 Å². The number of nitrogen functional groups attached to an aromatic ring is 1. The van der Waals surface area contributed by atoms with Gasteiger partial charge in [0.25, 0.3) is 0 Å². The molecule has 0 aliphatic carbocycles. The number of hydrogen-bond donors (Lipinski definition) is 1. The van der Waals surface area contributed by atoms with Gasteiger partial charge in [-0.25, -0.2) is 4.39 Å². The van der Waals surface area contributed by atoms with E-state index in [9.17, 15) is 9.18 Å². The van der Waals surface area contributed by atoms with E-state index >= 15 is 0 Å². The Morgan fingerprint density at radius 1 is 1.42 bits per heavy atom. The normalized spacial score (nSPS) is 10.2. The molecule has 0 fully saturated rings. The van der Waals surface area contributed by atoms with Crippen molar-refractivity contribution in [3.8, 4) is 5.75 Å². The summed E-state index contributed by atoms with van der Waals surface area (Å²) in [4.78, 5) is 15.0. The lowest BCUT2D eigenvalue weighted by molar-refractivity contribution is -0.127. The van der Waals surface area contributed by atoms with E-state index in [-0.39, 0.29) is 23.9 Å². The predicted octanol–water partition coefficient (Wildman–Crippen LogP) is 1.33. The first-order valence-corrected chi connectivity index (χ1v) is 5.98. The SMILES string of the molecule is CCN(CC(=O)N(C)C)c1cc(OC)c(F)cc1N. The van der Waals surface area contributed by atoms with Gasteiger partial charge in [0, 0.05) is 32.8 Å². The number of carbonyl (C=O) groups excluding carboxylic acids is 1. The number of anilines is 2. The number of amides is 1. The van der Waals surface area contributed by atoms with Crippen molar-refractivity contribution in [3.05, 3.63) is 17.9 Å². The van der Waals surface area contributed by atoms with Gasteiger partial charge in [-0.3, -0.25) is 4.79 Å². The molecule has 0 radical (unpaired) electrons. The predicted molar refractivity (Wildman–Crippen MR) is 73.9 cm³/mol. The topological polar surface area (TPSA) is 58.8 Å². The molecule has 0 saturated heterocycles. The minimum absolute atomic E-state index is 0.0514. The van der Waals surface area contributed by atoms with E-state index in [2.05, 4.69) is 0 Å². The van der Waals surface area contributed by atoms with Crippen LogP contribution in [0.15, 0.2) is 12.1 Å². The van der Waals surface area contributed by atoms with Crippen LogP contribution in [0.25, 0.3) is 0 Å². The molecule has 6 heteroatoms. The Hall–Kier alpha value is -1.98. The van der Waals surface area contributed by atoms with Gasteiger partial charge < -0.3 is 20.3 Å². The molecule has 106 valence electrons. The van der Waals surface area contributed by atoms with Crippen molar-refractivity contribution >= 4 is 17.3 Å². The lowest BCUT2D eigenvalue weighted by atomic mass is 10.2. The number of nitrogens with two attached hydrogens (primary N) is 1. The Balaban J connectivity index is 3.07. The van der Waals surface area contributed by atoms with Gasteiger partial charge in [-0.05, 0) is 6.92 Å². The summed E-state index contributed by atoms with van der Waals surface area (Å²) < 4.78 is 18.4. The Bertz CT molecular complexity index is 463. The van der Waals surface area contributed by atoms with Gasteiger partial charge in [-0.15, -0.1) is 0 Å². The second kappa shape index (κ2) is 6.26. The number of hydrogen-bond acceptors (Lipinski definition) is 4. The summed E-state index contributed by atoms with van der Waals surface area (Å²) in [6, 6.07) is 2.72. The van der Waals surface area contributed by atoms with Crippen molar-refractivity contribution in [1.82, 2.24) is 4.90 Å². The molecule has 1 aromatic rings. The van der Waals surface area contributed by atoms with Gasteiger partial charge in [0.1, 0.15) is 0 Å². The van der Waals surface area contributed by atoms with Crippen LogP contribution in [0.5, 0.6) is 5.75 Å². The Morgan fingerprint density at radius 2 is 2.05 bits per heavy atom. The van der Waals surface area contributed by atoms with Gasteiger partial charge >= 0.3 is 0 Å². The number of nitrogens with zero attached hydrogens (tertiary/aromatic N) is 2. The molecule has 0 spiro atoms. The van der Waals surface area contributed by atoms with Crippen LogP contribution in [-0.4, -0.2) is 45.1 Å². The maximum Gasteiger partial charge on any atom is 0.241 e. The lowest BCUT2D eigenvalue weighted by Crippen LogP contribution is -2.36. The lowest BCUT2D eigenvalue weighted by Gasteiger charge is -2.26. The summed E-state index contributed by atoms with van der Waals surface area (Å²) in [5, 5.41) is 0. The van der Waals surface area contributed by atoms with Crippen LogP contribution in [0.1, 0.15) is 6.92 Å². The number of carbonyl (C=O) groups is 1. The highest BCUT2D eigenvalue weighted by atomic mass is 19.1. The molecule has 1 aromatic carbocycles. The maximum atomic E-state index is 13.5. The first-order valence-electron chi connectivity index (χ1n) is 5.98. The van der Waals surface area contributed by atoms with E-state index in [1.165, 1.54) is 24.1 Å². The largest absolute Gasteiger partial charge is 0.494 e. The van der Waals surface area contributed by atoms with Gasteiger partial charge in [0.05, 0.1) is 25.0 Å². The third kappa shape index (κ3) is 3.49. The summed E-state index contributed by atoms with van der Waals surface area (Å²) in [6.45, 7) is 2.67. The minimum atomic E-state index is -0.515. The van der Waals surface area contributed by atoms with Crippen LogP contribution in [0.3, 0.4) is 0 Å². The van der Waals surface area contributed by atoms with E-state index < -0.39 is 5.82 Å². The standard InChI is InChI=1S/C13H20FN3O2/c1-5-17(8-13(18)16(2)3)11-7-12(19-4)9(14)6-10(11)15/h6-7H,5,8,15H2,1-4H3. The summed E-state index contributed by atoms with van der Waals surface area (Å²) in [7, 11) is 4.76. The second-order valence-corrected chi connectivity index (χ2v) is 4.35. The van der Waals surface area contributed by atoms with Crippen LogP contribution < -0.4 is 15.4 Å². The molecule has 2 N–H and O–H groups in total. The van der Waals surface area contributed by atoms with Crippen LogP contribution >= 0.6 is 0 Å². The van der Waals surface area contributed by atoms with Gasteiger partial charge in [0.2, 0.25) is 5.91 Å². The zero-order chi connectivity index (χ0) is 14.6. The zero-order valence-corrected chi connectivity index (χ0v) is 11.7. The van der Waals surface area contributed by atoms with Gasteiger partial charge in [0.15, 0.2) is 11.6 Å². The highest BCUT2D eigenvalue weighted by Crippen LogP contribution is 2.30. The number of rotatable bonds is 5. The number of benzene rings is 1. The number of ether oxygens (including phenoxy) is 1. The summed E-state index contributed by atoms with van der Waals surface area (Å²) in [5.41, 5.74) is 6.69. The third-order valence-corrected chi connectivity index (χ3v) is 2.85. The maximum absolute atomic E-state index is 13.5. The summed E-state index contributed by atoms with van der Waals surface area (Å²) in [6.07, 6.45) is 0. The average molecular weight is 269 g/mol. The monoisotopic (exact) mass is 269 g/mol. The molecule has 0 aliphatic rings. The van der Waals surface area contributed by atoms with Crippen molar-refractivity contribution < 1.29 is 13.9 Å². The van der Waals surface area contributed by atoms with Crippen molar-refractivity contribution in [2.24, 2.45) is 0 Å². The molecule has 0 aromatic heterocycles. The quantitative estimate of drug-likeness (QED) is 0.819. The fourth-order valence-electron chi connectivity index (χ4n) is 1.66. The highest BCUT2D eigenvalue weighted by molar-refractivity contribution is 5.83. The molecule has 0 atom stereocenters. The minimum Gasteiger partial charge on any atom is -0.494 e. The summed E-state index contributed by atoms with van der Waals surface area (Å²) in [5.74, 6) is -0.455. The molecule has 0 aliphatic heterocycles. The fraction of sp³-hybridized carbons (Fsp3) is 0.462. The van der Waals surface area contributed by atoms with E-state index in [4.69, 9.17) is 10.5 Å². The molecule has 0 heterocycles. The van der Waals surface area contributed by atoms with Gasteiger partial charge in [-0.2, -0.15) is 0 Å². The number of likely N-dealkylation sites (N-methyl/N-ethyl adjacent to an activating group) is 2. The molecule has 1 amide bonds. The first-order chi connectivity index (χ1) is 8.90. The van der Waals surface area contributed by atoms with Crippen LogP contribution in [0, 0.1) is 5.82 Å². The average Bonchev–Trinajstić information content (AvgIpc) is 2.36. The molecule has 19 heavy (non-hydrogen) atoms. The highest BCUT2D eigenvalue weighted by Gasteiger charge is 2.16. The van der Waals surface area contributed by atoms with E-state index in [1.807, 2.05) is 6.92 Å². The zero-order valence-electron chi connectivity index (χ0n) is 11.7. The van der Waals surface area contributed by atoms with E-state index in [0.29, 0.717) is 12.2 Å². The summed E-state index contributed by atoms with van der Waals surface area (Å²) >= 11 is 0. The molecule has 0 bridgehead atoms. The molecular weight excluding hydrogens is 249 g/mol. The molecular formula is C13H20FN3O2. The second-order valence-electron chi connectivity index (χ2n) is 4.35. The molecule has 5 nitrogen and oxygen atoms in total. The van der Waals surface area contributed by atoms with Crippen LogP contribution in [0.4, 0.5) is 15.8 Å². The Morgan fingerprint density at radius 3 is 2.53 bits per heavy atom. The molecule has 0 unspecified atom stereocenters. The molecule has 0 saturated carbocycles. The smallest absolute Gasteiger partial charge is 0.241 e. The third-order valence-electron chi connectivity index (χ3n) is 2.85.